The van der Waals surface area contributed by atoms with Gasteiger partial charge in [0.2, 0.25) is 0 Å². The average Bonchev–Trinajstić information content (AvgIpc) is 3.04. The van der Waals surface area contributed by atoms with E-state index in [-0.39, 0.29) is 28.6 Å². The predicted octanol–water partition coefficient (Wildman–Crippen LogP) is 6.26. The average molecular weight is 473 g/mol. The van der Waals surface area contributed by atoms with Crippen molar-refractivity contribution in [3.05, 3.63) is 58.2 Å². The Kier molecular flexibility index (Phi) is 5.93. The third-order valence-corrected chi connectivity index (χ3v) is 9.71. The van der Waals surface area contributed by atoms with E-state index in [1.54, 1.807) is 7.11 Å². The van der Waals surface area contributed by atoms with Crippen LogP contribution in [0, 0.1) is 29.1 Å². The van der Waals surface area contributed by atoms with Crippen molar-refractivity contribution in [1.29, 1.82) is 0 Å². The highest BCUT2D eigenvalue weighted by atomic mass is 16.5. The molecular weight excluding hydrogens is 432 g/mol. The van der Waals surface area contributed by atoms with Crippen LogP contribution in [0.3, 0.4) is 0 Å². The second-order valence-electron chi connectivity index (χ2n) is 12.5. The lowest BCUT2D eigenvalue weighted by atomic mass is 9.51. The number of ether oxygens (including phenoxy) is 1. The Labute approximate surface area is 211 Å². The van der Waals surface area contributed by atoms with Crippen LogP contribution < -0.4 is 0 Å². The van der Waals surface area contributed by atoms with E-state index in [9.17, 15) is 9.90 Å². The molecule has 4 aliphatic carbocycles. The molecule has 1 aromatic rings. The van der Waals surface area contributed by atoms with E-state index in [0.717, 1.165) is 32.1 Å². The molecule has 35 heavy (non-hydrogen) atoms. The van der Waals surface area contributed by atoms with Crippen LogP contribution in [-0.2, 0) is 14.9 Å². The molecule has 1 N–H and O–H groups in total. The summed E-state index contributed by atoms with van der Waals surface area (Å²) in [5, 5.41) is 12.1. The Balaban J connectivity index is 1.69. The van der Waals surface area contributed by atoms with Crippen molar-refractivity contribution in [3.8, 4) is 11.8 Å². The Morgan fingerprint density at radius 3 is 2.46 bits per heavy atom. The third kappa shape index (κ3) is 3.68. The SMILES string of the molecule is CC#C[C@@]1(O)[C@H](OC)C[C@H]2[C@@H]3CCC4=CC(=O)CCC4=C3[C@@H](c3ccc(C(C)(C)C)cc3)C[C@@]21C. The van der Waals surface area contributed by atoms with Crippen LogP contribution in [0.15, 0.2) is 47.1 Å². The number of carbonyl (C=O) groups is 1. The van der Waals surface area contributed by atoms with Gasteiger partial charge in [-0.1, -0.05) is 63.5 Å². The van der Waals surface area contributed by atoms with Crippen LogP contribution >= 0.6 is 0 Å². The molecule has 6 atom stereocenters. The second kappa shape index (κ2) is 8.46. The van der Waals surface area contributed by atoms with E-state index >= 15 is 0 Å². The number of fused-ring (bicyclic) bond motifs is 4. The molecule has 0 unspecified atom stereocenters. The zero-order chi connectivity index (χ0) is 25.2. The minimum absolute atomic E-state index is 0.102. The summed E-state index contributed by atoms with van der Waals surface area (Å²) in [4.78, 5) is 12.3. The molecule has 1 aromatic carbocycles. The first-order valence-corrected chi connectivity index (χ1v) is 13.3. The van der Waals surface area contributed by atoms with Gasteiger partial charge in [0.15, 0.2) is 11.4 Å². The van der Waals surface area contributed by atoms with Crippen molar-refractivity contribution in [2.45, 2.75) is 96.2 Å². The molecule has 0 radical (unpaired) electrons. The summed E-state index contributed by atoms with van der Waals surface area (Å²) in [6.45, 7) is 10.8. The summed E-state index contributed by atoms with van der Waals surface area (Å²) < 4.78 is 5.91. The molecule has 2 fully saturated rings. The van der Waals surface area contributed by atoms with Crippen LogP contribution in [0.25, 0.3) is 0 Å². The van der Waals surface area contributed by atoms with Crippen LogP contribution in [0.5, 0.6) is 0 Å². The van der Waals surface area contributed by atoms with Crippen LogP contribution in [-0.4, -0.2) is 29.7 Å². The maximum absolute atomic E-state index is 12.3. The van der Waals surface area contributed by atoms with Crippen molar-refractivity contribution in [3.63, 3.8) is 0 Å². The van der Waals surface area contributed by atoms with Crippen molar-refractivity contribution in [1.82, 2.24) is 0 Å². The Morgan fingerprint density at radius 2 is 1.83 bits per heavy atom. The number of allylic oxidation sites excluding steroid dienone is 4. The van der Waals surface area contributed by atoms with E-state index in [1.807, 2.05) is 13.0 Å². The smallest absolute Gasteiger partial charge is 0.156 e. The van der Waals surface area contributed by atoms with Gasteiger partial charge < -0.3 is 9.84 Å². The molecule has 3 heteroatoms. The molecule has 0 aromatic heterocycles. The first-order chi connectivity index (χ1) is 16.5. The normalized spacial score (nSPS) is 36.5. The summed E-state index contributed by atoms with van der Waals surface area (Å²) in [6.07, 6.45) is 6.74. The van der Waals surface area contributed by atoms with Gasteiger partial charge in [0.05, 0.1) is 6.10 Å². The number of methoxy groups -OCH3 is 1. The molecule has 0 heterocycles. The third-order valence-electron chi connectivity index (χ3n) is 9.71. The molecule has 0 bridgehead atoms. The van der Waals surface area contributed by atoms with Gasteiger partial charge in [0.25, 0.3) is 0 Å². The monoisotopic (exact) mass is 472 g/mol. The van der Waals surface area contributed by atoms with Gasteiger partial charge in [-0.2, -0.15) is 0 Å². The molecule has 2 saturated carbocycles. The first-order valence-electron chi connectivity index (χ1n) is 13.3. The van der Waals surface area contributed by atoms with E-state index < -0.39 is 5.60 Å². The fourth-order valence-corrected chi connectivity index (χ4v) is 7.85. The van der Waals surface area contributed by atoms with Crippen LogP contribution in [0.1, 0.15) is 90.2 Å². The minimum atomic E-state index is -1.17. The number of carbonyl (C=O) groups excluding carboxylic acids is 1. The van der Waals surface area contributed by atoms with E-state index in [4.69, 9.17) is 4.74 Å². The van der Waals surface area contributed by atoms with Gasteiger partial charge in [0, 0.05) is 24.9 Å². The molecule has 0 aliphatic heterocycles. The standard InChI is InChI=1S/C32H40O3/c1-7-16-32(34)28(35-6)18-27-25-14-10-21-17-23(33)13-15-24(21)29(25)26(19-31(27,32)5)20-8-11-22(12-9-20)30(2,3)4/h8-9,11-12,17,25-28,34H,10,13-15,18-19H2,1-6H3/t25-,26+,27-,28+,31-,32+/m0/s1. The fraction of sp³-hybridized carbons (Fsp3) is 0.594. The van der Waals surface area contributed by atoms with Crippen molar-refractivity contribution >= 4 is 5.78 Å². The zero-order valence-corrected chi connectivity index (χ0v) is 22.2. The van der Waals surface area contributed by atoms with E-state index in [1.165, 1.54) is 27.8 Å². The maximum Gasteiger partial charge on any atom is 0.156 e. The topological polar surface area (TPSA) is 46.5 Å². The van der Waals surface area contributed by atoms with Gasteiger partial charge in [0.1, 0.15) is 0 Å². The summed E-state index contributed by atoms with van der Waals surface area (Å²) in [6, 6.07) is 9.16. The minimum Gasteiger partial charge on any atom is -0.377 e. The Morgan fingerprint density at radius 1 is 1.11 bits per heavy atom. The van der Waals surface area contributed by atoms with E-state index in [2.05, 4.69) is 63.8 Å². The highest BCUT2D eigenvalue weighted by molar-refractivity contribution is 5.93. The highest BCUT2D eigenvalue weighted by Crippen LogP contribution is 2.67. The largest absolute Gasteiger partial charge is 0.377 e. The highest BCUT2D eigenvalue weighted by Gasteiger charge is 2.67. The van der Waals surface area contributed by atoms with Gasteiger partial charge in [-0.3, -0.25) is 4.79 Å². The quantitative estimate of drug-likeness (QED) is 0.517. The Hall–Kier alpha value is -2.15. The van der Waals surface area contributed by atoms with E-state index in [0.29, 0.717) is 18.3 Å². The van der Waals surface area contributed by atoms with Gasteiger partial charge in [-0.25, -0.2) is 0 Å². The number of hydrogen-bond donors (Lipinski definition) is 1. The molecule has 3 nitrogen and oxygen atoms in total. The lowest BCUT2D eigenvalue weighted by Gasteiger charge is -2.53. The van der Waals surface area contributed by atoms with Gasteiger partial charge >= 0.3 is 0 Å². The number of ketones is 1. The first kappa shape index (κ1) is 24.5. The lowest BCUT2D eigenvalue weighted by Crippen LogP contribution is -2.54. The number of benzene rings is 1. The van der Waals surface area contributed by atoms with Gasteiger partial charge in [-0.15, -0.1) is 5.92 Å². The summed E-state index contributed by atoms with van der Waals surface area (Å²) in [7, 11) is 1.71. The van der Waals surface area contributed by atoms with Crippen LogP contribution in [0.4, 0.5) is 0 Å². The zero-order valence-electron chi connectivity index (χ0n) is 22.2. The molecule has 0 amide bonds. The summed E-state index contributed by atoms with van der Waals surface area (Å²) >= 11 is 0. The van der Waals surface area contributed by atoms with Crippen molar-refractivity contribution in [2.24, 2.45) is 17.3 Å². The molecule has 0 saturated heterocycles. The summed E-state index contributed by atoms with van der Waals surface area (Å²) in [5.74, 6) is 7.43. The van der Waals surface area contributed by atoms with Crippen molar-refractivity contribution < 1.29 is 14.6 Å². The molecule has 186 valence electrons. The summed E-state index contributed by atoms with van der Waals surface area (Å²) in [5.41, 5.74) is 5.43. The second-order valence-corrected chi connectivity index (χ2v) is 12.5. The molecule has 0 spiro atoms. The van der Waals surface area contributed by atoms with Crippen LogP contribution in [0.2, 0.25) is 0 Å². The van der Waals surface area contributed by atoms with Crippen molar-refractivity contribution in [2.75, 3.05) is 7.11 Å². The Bertz CT molecular complexity index is 1150. The molecular formula is C32H40O3. The number of hydrogen-bond acceptors (Lipinski definition) is 3. The predicted molar refractivity (Wildman–Crippen MR) is 140 cm³/mol. The molecule has 5 rings (SSSR count). The van der Waals surface area contributed by atoms with Gasteiger partial charge in [-0.05, 0) is 84.6 Å². The lowest BCUT2D eigenvalue weighted by molar-refractivity contribution is -0.114. The maximum atomic E-state index is 12.3. The molecule has 4 aliphatic rings. The fourth-order valence-electron chi connectivity index (χ4n) is 7.85. The number of rotatable bonds is 2. The number of aliphatic hydroxyl groups is 1.